The molecule has 0 aliphatic carbocycles. The first-order valence-electron chi connectivity index (χ1n) is 6.42. The smallest absolute Gasteiger partial charge is 0.320 e. The SMILES string of the molecule is [N-]=[N+]=NC1CCCCN1C(=O)N1CCCCC1. The van der Waals surface area contributed by atoms with E-state index in [-0.39, 0.29) is 12.2 Å². The lowest BCUT2D eigenvalue weighted by molar-refractivity contribution is 0.110. The van der Waals surface area contributed by atoms with Gasteiger partial charge in [0.05, 0.1) is 0 Å². The molecule has 0 radical (unpaired) electrons. The van der Waals surface area contributed by atoms with Crippen molar-refractivity contribution in [3.8, 4) is 0 Å². The molecule has 17 heavy (non-hydrogen) atoms. The van der Waals surface area contributed by atoms with Crippen LogP contribution in [-0.4, -0.2) is 41.6 Å². The first kappa shape index (κ1) is 12.0. The normalized spacial score (nSPS) is 25.3. The summed E-state index contributed by atoms with van der Waals surface area (Å²) in [7, 11) is 0. The van der Waals surface area contributed by atoms with Crippen molar-refractivity contribution in [1.29, 1.82) is 0 Å². The zero-order valence-electron chi connectivity index (χ0n) is 10.1. The Kier molecular flexibility index (Phi) is 4.09. The Morgan fingerprint density at radius 1 is 1.12 bits per heavy atom. The zero-order valence-corrected chi connectivity index (χ0v) is 10.1. The highest BCUT2D eigenvalue weighted by molar-refractivity contribution is 5.75. The summed E-state index contributed by atoms with van der Waals surface area (Å²) in [5.74, 6) is 0. The van der Waals surface area contributed by atoms with Crippen molar-refractivity contribution in [2.75, 3.05) is 19.6 Å². The molecular weight excluding hydrogens is 218 g/mol. The van der Waals surface area contributed by atoms with Crippen molar-refractivity contribution in [2.45, 2.75) is 44.7 Å². The summed E-state index contributed by atoms with van der Waals surface area (Å²) in [6.45, 7) is 2.41. The quantitative estimate of drug-likeness (QED) is 0.392. The molecule has 0 N–H and O–H groups in total. The van der Waals surface area contributed by atoms with Gasteiger partial charge in [-0.1, -0.05) is 5.11 Å². The average molecular weight is 237 g/mol. The third-order valence-electron chi connectivity index (χ3n) is 3.53. The second-order valence-electron chi connectivity index (χ2n) is 4.70. The van der Waals surface area contributed by atoms with Gasteiger partial charge in [0.25, 0.3) is 0 Å². The molecule has 2 amide bonds. The van der Waals surface area contributed by atoms with E-state index < -0.39 is 0 Å². The number of nitrogens with zero attached hydrogens (tertiary/aromatic N) is 5. The standard InChI is InChI=1S/C11H19N5O/c12-14-13-10-6-2-5-9-16(10)11(17)15-7-3-1-4-8-15/h10H,1-9H2. The summed E-state index contributed by atoms with van der Waals surface area (Å²) in [6, 6.07) is 0.0572. The number of hydrogen-bond donors (Lipinski definition) is 0. The Labute approximate surface area is 101 Å². The van der Waals surface area contributed by atoms with Gasteiger partial charge in [-0.3, -0.25) is 0 Å². The third-order valence-corrected chi connectivity index (χ3v) is 3.53. The van der Waals surface area contributed by atoms with E-state index in [0.29, 0.717) is 0 Å². The highest BCUT2D eigenvalue weighted by Gasteiger charge is 2.29. The molecule has 2 saturated heterocycles. The molecule has 0 bridgehead atoms. The molecule has 2 rings (SSSR count). The molecule has 2 aliphatic heterocycles. The van der Waals surface area contributed by atoms with Crippen LogP contribution in [0, 0.1) is 0 Å². The first-order chi connectivity index (χ1) is 8.33. The molecule has 2 fully saturated rings. The van der Waals surface area contributed by atoms with Gasteiger partial charge in [-0.25, -0.2) is 4.79 Å². The van der Waals surface area contributed by atoms with Crippen LogP contribution in [0.15, 0.2) is 5.11 Å². The number of urea groups is 1. The lowest BCUT2D eigenvalue weighted by Crippen LogP contribution is -2.50. The molecule has 6 heteroatoms. The predicted octanol–water partition coefficient (Wildman–Crippen LogP) is 2.71. The minimum Gasteiger partial charge on any atom is -0.325 e. The third kappa shape index (κ3) is 2.82. The van der Waals surface area contributed by atoms with Crippen molar-refractivity contribution in [1.82, 2.24) is 9.80 Å². The van der Waals surface area contributed by atoms with Gasteiger partial charge in [-0.2, -0.15) is 0 Å². The van der Waals surface area contributed by atoms with Crippen molar-refractivity contribution >= 4 is 6.03 Å². The van der Waals surface area contributed by atoms with Gasteiger partial charge in [0.15, 0.2) is 0 Å². The minimum atomic E-state index is -0.275. The zero-order chi connectivity index (χ0) is 12.1. The van der Waals surface area contributed by atoms with Crippen molar-refractivity contribution in [2.24, 2.45) is 5.11 Å². The van der Waals surface area contributed by atoms with Gasteiger partial charge >= 0.3 is 6.03 Å². The molecule has 1 unspecified atom stereocenters. The fourth-order valence-electron chi connectivity index (χ4n) is 2.58. The number of carbonyl (C=O) groups excluding carboxylic acids is 1. The number of azide groups is 1. The fourth-order valence-corrected chi connectivity index (χ4v) is 2.58. The van der Waals surface area contributed by atoms with E-state index in [1.807, 2.05) is 4.90 Å². The summed E-state index contributed by atoms with van der Waals surface area (Å²) >= 11 is 0. The van der Waals surface area contributed by atoms with Crippen LogP contribution in [0.4, 0.5) is 4.79 Å². The fraction of sp³-hybridized carbons (Fsp3) is 0.909. The summed E-state index contributed by atoms with van der Waals surface area (Å²) in [6.07, 6.45) is 5.96. The Bertz CT molecular complexity index is 320. The predicted molar refractivity (Wildman–Crippen MR) is 64.3 cm³/mol. The average Bonchev–Trinajstić information content (AvgIpc) is 2.40. The highest BCUT2D eigenvalue weighted by Crippen LogP contribution is 2.21. The van der Waals surface area contributed by atoms with Crippen LogP contribution >= 0.6 is 0 Å². The van der Waals surface area contributed by atoms with E-state index in [9.17, 15) is 4.79 Å². The maximum absolute atomic E-state index is 12.3. The van der Waals surface area contributed by atoms with Crippen LogP contribution in [0.3, 0.4) is 0 Å². The van der Waals surface area contributed by atoms with E-state index in [1.54, 1.807) is 4.90 Å². The Morgan fingerprint density at radius 3 is 2.53 bits per heavy atom. The first-order valence-corrected chi connectivity index (χ1v) is 6.42. The Morgan fingerprint density at radius 2 is 1.82 bits per heavy atom. The molecule has 0 saturated carbocycles. The van der Waals surface area contributed by atoms with Gasteiger partial charge in [-0.15, -0.1) is 0 Å². The lowest BCUT2D eigenvalue weighted by Gasteiger charge is -2.38. The molecule has 6 nitrogen and oxygen atoms in total. The molecule has 2 aliphatic rings. The summed E-state index contributed by atoms with van der Waals surface area (Å²) in [4.78, 5) is 18.8. The number of rotatable bonds is 1. The van der Waals surface area contributed by atoms with Crippen LogP contribution in [0.25, 0.3) is 10.4 Å². The van der Waals surface area contributed by atoms with Gasteiger partial charge in [0.2, 0.25) is 0 Å². The molecular formula is C11H19N5O. The van der Waals surface area contributed by atoms with Crippen LogP contribution in [-0.2, 0) is 0 Å². The van der Waals surface area contributed by atoms with E-state index in [2.05, 4.69) is 10.0 Å². The van der Waals surface area contributed by atoms with Crippen LogP contribution in [0.2, 0.25) is 0 Å². The molecule has 0 aromatic rings. The van der Waals surface area contributed by atoms with Crippen LogP contribution < -0.4 is 0 Å². The Hall–Kier alpha value is -1.42. The maximum atomic E-state index is 12.3. The van der Waals surface area contributed by atoms with Crippen molar-refractivity contribution < 1.29 is 4.79 Å². The number of amides is 2. The number of likely N-dealkylation sites (tertiary alicyclic amines) is 2. The van der Waals surface area contributed by atoms with Crippen molar-refractivity contribution in [3.05, 3.63) is 10.4 Å². The monoisotopic (exact) mass is 237 g/mol. The van der Waals surface area contributed by atoms with Gasteiger partial charge < -0.3 is 9.80 Å². The largest absolute Gasteiger partial charge is 0.325 e. The molecule has 0 spiro atoms. The maximum Gasteiger partial charge on any atom is 0.320 e. The number of carbonyl (C=O) groups is 1. The lowest BCUT2D eigenvalue weighted by atomic mass is 10.1. The topological polar surface area (TPSA) is 72.3 Å². The van der Waals surface area contributed by atoms with Crippen LogP contribution in [0.1, 0.15) is 38.5 Å². The number of hydrogen-bond acceptors (Lipinski definition) is 2. The highest BCUT2D eigenvalue weighted by atomic mass is 16.2. The summed E-state index contributed by atoms with van der Waals surface area (Å²) in [5.41, 5.74) is 8.54. The minimum absolute atomic E-state index is 0.0572. The van der Waals surface area contributed by atoms with Gasteiger partial charge in [0, 0.05) is 24.5 Å². The molecule has 1 atom stereocenters. The van der Waals surface area contributed by atoms with Crippen LogP contribution in [0.5, 0.6) is 0 Å². The van der Waals surface area contributed by atoms with E-state index in [1.165, 1.54) is 6.42 Å². The van der Waals surface area contributed by atoms with Gasteiger partial charge in [-0.05, 0) is 44.1 Å². The molecule has 0 aromatic carbocycles. The second kappa shape index (κ2) is 5.77. The van der Waals surface area contributed by atoms with E-state index >= 15 is 0 Å². The molecule has 0 aromatic heterocycles. The molecule has 94 valence electrons. The van der Waals surface area contributed by atoms with Gasteiger partial charge in [0.1, 0.15) is 6.17 Å². The summed E-state index contributed by atoms with van der Waals surface area (Å²) < 4.78 is 0. The Balaban J connectivity index is 2.01. The number of piperidine rings is 2. The van der Waals surface area contributed by atoms with Crippen molar-refractivity contribution in [3.63, 3.8) is 0 Å². The van der Waals surface area contributed by atoms with E-state index in [4.69, 9.17) is 5.53 Å². The summed E-state index contributed by atoms with van der Waals surface area (Å²) in [5, 5.41) is 3.74. The van der Waals surface area contributed by atoms with E-state index in [0.717, 1.165) is 51.7 Å². The molecule has 2 heterocycles. The second-order valence-corrected chi connectivity index (χ2v) is 4.70.